The Kier molecular flexibility index (Phi) is 5.55. The third kappa shape index (κ3) is 5.88. The summed E-state index contributed by atoms with van der Waals surface area (Å²) in [4.78, 5) is 11.9. The summed E-state index contributed by atoms with van der Waals surface area (Å²) in [6, 6.07) is 8.21. The molecule has 0 saturated carbocycles. The molecule has 1 amide bonds. The van der Waals surface area contributed by atoms with Gasteiger partial charge in [-0.1, -0.05) is 24.3 Å². The first kappa shape index (κ1) is 15.7. The minimum Gasteiger partial charge on any atom is -0.350 e. The second-order valence-electron chi connectivity index (χ2n) is 6.07. The van der Waals surface area contributed by atoms with Gasteiger partial charge in [0, 0.05) is 18.5 Å². The molecule has 0 aliphatic heterocycles. The molecule has 0 aliphatic carbocycles. The van der Waals surface area contributed by atoms with Gasteiger partial charge >= 0.3 is 0 Å². The van der Waals surface area contributed by atoms with Gasteiger partial charge in [-0.25, -0.2) is 0 Å². The molecule has 3 nitrogen and oxygen atoms in total. The van der Waals surface area contributed by atoms with Gasteiger partial charge in [0.05, 0.1) is 6.04 Å². The number of hydrogen-bond acceptors (Lipinski definition) is 2. The minimum atomic E-state index is 0.0575. The van der Waals surface area contributed by atoms with E-state index in [2.05, 4.69) is 50.5 Å². The molecule has 3 heteroatoms. The zero-order valence-electron chi connectivity index (χ0n) is 12.7. The largest absolute Gasteiger partial charge is 0.350 e. The first-order chi connectivity index (χ1) is 8.79. The lowest BCUT2D eigenvalue weighted by molar-refractivity contribution is -0.121. The second-order valence-corrected chi connectivity index (χ2v) is 6.07. The van der Waals surface area contributed by atoms with Crippen molar-refractivity contribution in [1.29, 1.82) is 0 Å². The summed E-state index contributed by atoms with van der Waals surface area (Å²) in [7, 11) is 0. The molecule has 1 aromatic rings. The summed E-state index contributed by atoms with van der Waals surface area (Å²) in [5.74, 6) is 0.0903. The van der Waals surface area contributed by atoms with Gasteiger partial charge in [-0.2, -0.15) is 0 Å². The Morgan fingerprint density at radius 2 is 1.89 bits per heavy atom. The molecule has 0 spiro atoms. The molecule has 19 heavy (non-hydrogen) atoms. The Morgan fingerprint density at radius 1 is 1.26 bits per heavy atom. The fourth-order valence-corrected chi connectivity index (χ4v) is 2.02. The van der Waals surface area contributed by atoms with Crippen molar-refractivity contribution in [3.63, 3.8) is 0 Å². The van der Waals surface area contributed by atoms with Crippen molar-refractivity contribution in [3.05, 3.63) is 35.4 Å². The van der Waals surface area contributed by atoms with Crippen LogP contribution in [0.5, 0.6) is 0 Å². The minimum absolute atomic E-state index is 0.0575. The lowest BCUT2D eigenvalue weighted by Crippen LogP contribution is -2.38. The van der Waals surface area contributed by atoms with E-state index in [4.69, 9.17) is 0 Å². The zero-order valence-corrected chi connectivity index (χ0v) is 12.7. The van der Waals surface area contributed by atoms with E-state index < -0.39 is 0 Å². The normalized spacial score (nSPS) is 13.1. The van der Waals surface area contributed by atoms with Crippen molar-refractivity contribution in [2.75, 3.05) is 6.54 Å². The first-order valence-electron chi connectivity index (χ1n) is 6.89. The van der Waals surface area contributed by atoms with Crippen LogP contribution in [0.3, 0.4) is 0 Å². The van der Waals surface area contributed by atoms with E-state index in [1.807, 2.05) is 19.1 Å². The van der Waals surface area contributed by atoms with E-state index in [9.17, 15) is 4.79 Å². The van der Waals surface area contributed by atoms with Crippen molar-refractivity contribution in [3.8, 4) is 0 Å². The highest BCUT2D eigenvalue weighted by molar-refractivity contribution is 5.76. The van der Waals surface area contributed by atoms with Crippen LogP contribution in [0.25, 0.3) is 0 Å². The predicted molar refractivity (Wildman–Crippen MR) is 80.1 cm³/mol. The molecule has 1 atom stereocenters. The number of rotatable bonds is 5. The zero-order chi connectivity index (χ0) is 14.5. The van der Waals surface area contributed by atoms with Gasteiger partial charge in [0.25, 0.3) is 0 Å². The smallest absolute Gasteiger partial charge is 0.221 e. The highest BCUT2D eigenvalue weighted by Crippen LogP contribution is 2.16. The Balaban J connectivity index is 2.43. The van der Waals surface area contributed by atoms with Crippen molar-refractivity contribution in [1.82, 2.24) is 10.6 Å². The topological polar surface area (TPSA) is 41.1 Å². The third-order valence-corrected chi connectivity index (χ3v) is 3.04. The molecule has 1 aromatic carbocycles. The molecule has 1 rings (SSSR count). The van der Waals surface area contributed by atoms with Crippen LogP contribution in [0.2, 0.25) is 0 Å². The van der Waals surface area contributed by atoms with Crippen LogP contribution in [0.4, 0.5) is 0 Å². The molecule has 0 aliphatic rings. The summed E-state index contributed by atoms with van der Waals surface area (Å²) >= 11 is 0. The van der Waals surface area contributed by atoms with Crippen molar-refractivity contribution >= 4 is 5.91 Å². The summed E-state index contributed by atoms with van der Waals surface area (Å²) in [6.45, 7) is 11.1. The van der Waals surface area contributed by atoms with E-state index >= 15 is 0 Å². The van der Waals surface area contributed by atoms with Gasteiger partial charge < -0.3 is 10.6 Å². The highest BCUT2D eigenvalue weighted by atomic mass is 16.1. The summed E-state index contributed by atoms with van der Waals surface area (Å²) in [5, 5.41) is 6.36. The molecule has 0 fully saturated rings. The highest BCUT2D eigenvalue weighted by Gasteiger charge is 2.13. The standard InChI is InChI=1S/C16H26N2O/c1-12-8-6-7-9-14(12)13(2)18-15(19)10-11-17-16(3,4)5/h6-9,13,17H,10-11H2,1-5H3,(H,18,19). The van der Waals surface area contributed by atoms with Crippen LogP contribution in [0.15, 0.2) is 24.3 Å². The predicted octanol–water partition coefficient (Wildman–Crippen LogP) is 2.95. The average molecular weight is 262 g/mol. The molecule has 0 saturated heterocycles. The van der Waals surface area contributed by atoms with Crippen LogP contribution in [-0.2, 0) is 4.79 Å². The first-order valence-corrected chi connectivity index (χ1v) is 6.89. The van der Waals surface area contributed by atoms with E-state index in [0.717, 1.165) is 0 Å². The van der Waals surface area contributed by atoms with Crippen molar-refractivity contribution < 1.29 is 4.79 Å². The van der Waals surface area contributed by atoms with Gasteiger partial charge in [-0.05, 0) is 45.7 Å². The number of amides is 1. The molecule has 0 heterocycles. The van der Waals surface area contributed by atoms with Crippen LogP contribution < -0.4 is 10.6 Å². The Labute approximate surface area is 116 Å². The molecule has 0 bridgehead atoms. The van der Waals surface area contributed by atoms with Crippen molar-refractivity contribution in [2.45, 2.75) is 52.6 Å². The number of hydrogen-bond donors (Lipinski definition) is 2. The lowest BCUT2D eigenvalue weighted by Gasteiger charge is -2.21. The number of aryl methyl sites for hydroxylation is 1. The van der Waals surface area contributed by atoms with Crippen LogP contribution in [-0.4, -0.2) is 18.0 Å². The molecular formula is C16H26N2O. The van der Waals surface area contributed by atoms with Crippen LogP contribution >= 0.6 is 0 Å². The maximum atomic E-state index is 11.9. The van der Waals surface area contributed by atoms with Crippen molar-refractivity contribution in [2.24, 2.45) is 0 Å². The maximum absolute atomic E-state index is 11.9. The number of carbonyl (C=O) groups is 1. The molecule has 106 valence electrons. The van der Waals surface area contributed by atoms with Gasteiger partial charge in [0.1, 0.15) is 0 Å². The summed E-state index contributed by atoms with van der Waals surface area (Å²) in [5.41, 5.74) is 2.45. The number of benzene rings is 1. The van der Waals surface area contributed by atoms with Gasteiger partial charge in [0.2, 0.25) is 5.91 Å². The summed E-state index contributed by atoms with van der Waals surface area (Å²) < 4.78 is 0. The third-order valence-electron chi connectivity index (χ3n) is 3.04. The van der Waals surface area contributed by atoms with E-state index in [0.29, 0.717) is 13.0 Å². The molecule has 0 aromatic heterocycles. The molecular weight excluding hydrogens is 236 g/mol. The van der Waals surface area contributed by atoms with Gasteiger partial charge in [-0.3, -0.25) is 4.79 Å². The molecule has 1 unspecified atom stereocenters. The van der Waals surface area contributed by atoms with E-state index in [-0.39, 0.29) is 17.5 Å². The van der Waals surface area contributed by atoms with E-state index in [1.165, 1.54) is 11.1 Å². The average Bonchev–Trinajstić information content (AvgIpc) is 2.27. The van der Waals surface area contributed by atoms with Gasteiger partial charge in [-0.15, -0.1) is 0 Å². The Morgan fingerprint density at radius 3 is 2.47 bits per heavy atom. The number of nitrogens with one attached hydrogen (secondary N) is 2. The van der Waals surface area contributed by atoms with E-state index in [1.54, 1.807) is 0 Å². The monoisotopic (exact) mass is 262 g/mol. The second kappa shape index (κ2) is 6.71. The van der Waals surface area contributed by atoms with Gasteiger partial charge in [0.15, 0.2) is 0 Å². The lowest BCUT2D eigenvalue weighted by atomic mass is 10.0. The summed E-state index contributed by atoms with van der Waals surface area (Å²) in [6.07, 6.45) is 0.507. The SMILES string of the molecule is Cc1ccccc1C(C)NC(=O)CCNC(C)(C)C. The van der Waals surface area contributed by atoms with Crippen LogP contribution in [0.1, 0.15) is 51.3 Å². The Bertz CT molecular complexity index is 421. The molecule has 2 N–H and O–H groups in total. The molecule has 0 radical (unpaired) electrons. The number of carbonyl (C=O) groups excluding carboxylic acids is 1. The quantitative estimate of drug-likeness (QED) is 0.856. The fraction of sp³-hybridized carbons (Fsp3) is 0.562. The fourth-order valence-electron chi connectivity index (χ4n) is 2.02. The Hall–Kier alpha value is -1.35. The van der Waals surface area contributed by atoms with Crippen LogP contribution in [0, 0.1) is 6.92 Å². The maximum Gasteiger partial charge on any atom is 0.221 e.